The summed E-state index contributed by atoms with van der Waals surface area (Å²) in [6.45, 7) is 5.75. The standard InChI is InChI=1S/C18H20FN3O3/c1-11-8-12(2)22(20-11)15-5-4-13(9-14(15)19)16(23)21-7-6-18(3,10-21)17(24)25/h4-5,8-9H,6-7,10H2,1-3H3,(H,24,25)/t18-/m0/s1. The van der Waals surface area contributed by atoms with Crippen molar-refractivity contribution in [2.45, 2.75) is 27.2 Å². The Balaban J connectivity index is 1.85. The number of benzene rings is 1. The fourth-order valence-electron chi connectivity index (χ4n) is 3.18. The molecule has 7 heteroatoms. The summed E-state index contributed by atoms with van der Waals surface area (Å²) in [7, 11) is 0. The van der Waals surface area contributed by atoms with E-state index in [4.69, 9.17) is 0 Å². The molecule has 6 nitrogen and oxygen atoms in total. The number of aryl methyl sites for hydroxylation is 2. The number of hydrogen-bond acceptors (Lipinski definition) is 3. The molecule has 132 valence electrons. The molecule has 0 spiro atoms. The monoisotopic (exact) mass is 345 g/mol. The van der Waals surface area contributed by atoms with E-state index in [-0.39, 0.29) is 23.7 Å². The van der Waals surface area contributed by atoms with E-state index in [1.54, 1.807) is 13.0 Å². The zero-order valence-corrected chi connectivity index (χ0v) is 14.4. The number of carbonyl (C=O) groups is 2. The van der Waals surface area contributed by atoms with Gasteiger partial charge >= 0.3 is 5.97 Å². The summed E-state index contributed by atoms with van der Waals surface area (Å²) in [6.07, 6.45) is 0.389. The molecule has 0 bridgehead atoms. The van der Waals surface area contributed by atoms with Gasteiger partial charge in [-0.2, -0.15) is 5.10 Å². The van der Waals surface area contributed by atoms with Gasteiger partial charge in [-0.15, -0.1) is 0 Å². The van der Waals surface area contributed by atoms with E-state index >= 15 is 0 Å². The van der Waals surface area contributed by atoms with Gasteiger partial charge in [-0.25, -0.2) is 9.07 Å². The summed E-state index contributed by atoms with van der Waals surface area (Å²) in [5.74, 6) is -1.82. The van der Waals surface area contributed by atoms with Crippen molar-refractivity contribution in [1.82, 2.24) is 14.7 Å². The van der Waals surface area contributed by atoms with Gasteiger partial charge in [0.2, 0.25) is 0 Å². The van der Waals surface area contributed by atoms with Crippen LogP contribution in [0.2, 0.25) is 0 Å². The van der Waals surface area contributed by atoms with Crippen LogP contribution in [0.5, 0.6) is 0 Å². The molecule has 2 aromatic rings. The third kappa shape index (κ3) is 3.01. The van der Waals surface area contributed by atoms with Crippen LogP contribution in [0.4, 0.5) is 4.39 Å². The van der Waals surface area contributed by atoms with Gasteiger partial charge in [0.25, 0.3) is 5.91 Å². The Morgan fingerprint density at radius 2 is 2.00 bits per heavy atom. The van der Waals surface area contributed by atoms with Crippen LogP contribution in [0.15, 0.2) is 24.3 Å². The van der Waals surface area contributed by atoms with Crippen molar-refractivity contribution in [3.05, 3.63) is 47.0 Å². The molecule has 1 amide bonds. The van der Waals surface area contributed by atoms with E-state index in [0.717, 1.165) is 11.4 Å². The Morgan fingerprint density at radius 1 is 1.28 bits per heavy atom. The maximum Gasteiger partial charge on any atom is 0.311 e. The van der Waals surface area contributed by atoms with Crippen molar-refractivity contribution in [2.75, 3.05) is 13.1 Å². The number of amides is 1. The summed E-state index contributed by atoms with van der Waals surface area (Å²) < 4.78 is 16.0. The number of nitrogens with zero attached hydrogens (tertiary/aromatic N) is 3. The molecule has 1 saturated heterocycles. The van der Waals surface area contributed by atoms with Crippen molar-refractivity contribution in [2.24, 2.45) is 5.41 Å². The van der Waals surface area contributed by atoms with Gasteiger partial charge in [0.1, 0.15) is 11.5 Å². The molecule has 1 fully saturated rings. The molecule has 1 aliphatic heterocycles. The summed E-state index contributed by atoms with van der Waals surface area (Å²) >= 11 is 0. The Morgan fingerprint density at radius 3 is 2.52 bits per heavy atom. The number of aliphatic carboxylic acids is 1. The normalized spacial score (nSPS) is 20.1. The highest BCUT2D eigenvalue weighted by atomic mass is 19.1. The van der Waals surface area contributed by atoms with Crippen molar-refractivity contribution in [1.29, 1.82) is 0 Å². The van der Waals surface area contributed by atoms with E-state index in [1.807, 2.05) is 19.9 Å². The van der Waals surface area contributed by atoms with Gasteiger partial charge in [0, 0.05) is 24.3 Å². The first-order valence-corrected chi connectivity index (χ1v) is 8.07. The first-order chi connectivity index (χ1) is 11.7. The number of aromatic nitrogens is 2. The number of carboxylic acid groups (broad SMARTS) is 1. The fourth-order valence-corrected chi connectivity index (χ4v) is 3.18. The third-order valence-electron chi connectivity index (χ3n) is 4.71. The topological polar surface area (TPSA) is 75.4 Å². The lowest BCUT2D eigenvalue weighted by Crippen LogP contribution is -2.34. The van der Waals surface area contributed by atoms with Crippen LogP contribution in [0.1, 0.15) is 35.1 Å². The molecule has 0 unspecified atom stereocenters. The molecule has 1 atom stereocenters. The second kappa shape index (κ2) is 5.98. The molecule has 25 heavy (non-hydrogen) atoms. The summed E-state index contributed by atoms with van der Waals surface area (Å²) in [5.41, 5.74) is 1.11. The van der Waals surface area contributed by atoms with Crippen LogP contribution < -0.4 is 0 Å². The van der Waals surface area contributed by atoms with E-state index in [0.29, 0.717) is 13.0 Å². The van der Waals surface area contributed by atoms with Gasteiger partial charge in [-0.05, 0) is 51.5 Å². The number of hydrogen-bond donors (Lipinski definition) is 1. The first-order valence-electron chi connectivity index (χ1n) is 8.07. The van der Waals surface area contributed by atoms with Gasteiger partial charge < -0.3 is 10.0 Å². The number of rotatable bonds is 3. The summed E-state index contributed by atoms with van der Waals surface area (Å²) in [5, 5.41) is 13.5. The van der Waals surface area contributed by atoms with E-state index in [2.05, 4.69) is 5.10 Å². The zero-order chi connectivity index (χ0) is 18.4. The number of halogens is 1. The Bertz CT molecular complexity index is 861. The van der Waals surface area contributed by atoms with Crippen molar-refractivity contribution in [3.8, 4) is 5.69 Å². The maximum atomic E-state index is 14.5. The lowest BCUT2D eigenvalue weighted by atomic mass is 9.90. The highest BCUT2D eigenvalue weighted by Crippen LogP contribution is 2.31. The van der Waals surface area contributed by atoms with Crippen LogP contribution in [0.3, 0.4) is 0 Å². The quantitative estimate of drug-likeness (QED) is 0.928. The third-order valence-corrected chi connectivity index (χ3v) is 4.71. The van der Waals surface area contributed by atoms with Crippen molar-refractivity contribution in [3.63, 3.8) is 0 Å². The van der Waals surface area contributed by atoms with Gasteiger partial charge in [0.15, 0.2) is 0 Å². The highest BCUT2D eigenvalue weighted by molar-refractivity contribution is 5.95. The molecule has 1 aliphatic rings. The molecule has 3 rings (SSSR count). The van der Waals surface area contributed by atoms with E-state index < -0.39 is 17.2 Å². The van der Waals surface area contributed by atoms with Gasteiger partial charge in [0.05, 0.1) is 11.1 Å². The lowest BCUT2D eigenvalue weighted by molar-refractivity contribution is -0.147. The SMILES string of the molecule is Cc1cc(C)n(-c2ccc(C(=O)N3CC[C@](C)(C(=O)O)C3)cc2F)n1. The molecule has 0 aliphatic carbocycles. The maximum absolute atomic E-state index is 14.5. The molecular formula is C18H20FN3O3. The summed E-state index contributed by atoms with van der Waals surface area (Å²) in [4.78, 5) is 25.3. The molecule has 1 aromatic carbocycles. The fraction of sp³-hybridized carbons (Fsp3) is 0.389. The van der Waals surface area contributed by atoms with Crippen LogP contribution in [0, 0.1) is 25.1 Å². The largest absolute Gasteiger partial charge is 0.481 e. The minimum absolute atomic E-state index is 0.127. The van der Waals surface area contributed by atoms with Crippen LogP contribution >= 0.6 is 0 Å². The van der Waals surface area contributed by atoms with E-state index in [1.165, 1.54) is 21.7 Å². The molecule has 2 heterocycles. The number of carboxylic acids is 1. The molecule has 0 saturated carbocycles. The Hall–Kier alpha value is -2.70. The van der Waals surface area contributed by atoms with Gasteiger partial charge in [-0.3, -0.25) is 9.59 Å². The second-order valence-electron chi connectivity index (χ2n) is 6.85. The number of likely N-dealkylation sites (tertiary alicyclic amines) is 1. The first kappa shape index (κ1) is 17.1. The van der Waals surface area contributed by atoms with Crippen molar-refractivity contribution < 1.29 is 19.1 Å². The second-order valence-corrected chi connectivity index (χ2v) is 6.85. The van der Waals surface area contributed by atoms with Crippen molar-refractivity contribution >= 4 is 11.9 Å². The highest BCUT2D eigenvalue weighted by Gasteiger charge is 2.42. The predicted molar refractivity (Wildman–Crippen MR) is 89.3 cm³/mol. The molecule has 0 radical (unpaired) electrons. The molecule has 1 aromatic heterocycles. The van der Waals surface area contributed by atoms with Gasteiger partial charge in [-0.1, -0.05) is 0 Å². The molecule has 1 N–H and O–H groups in total. The Kier molecular flexibility index (Phi) is 4.10. The smallest absolute Gasteiger partial charge is 0.311 e. The van der Waals surface area contributed by atoms with Crippen LogP contribution in [-0.2, 0) is 4.79 Å². The number of carbonyl (C=O) groups excluding carboxylic acids is 1. The summed E-state index contributed by atoms with van der Waals surface area (Å²) in [6, 6.07) is 6.10. The Labute approximate surface area is 144 Å². The molecular weight excluding hydrogens is 325 g/mol. The average molecular weight is 345 g/mol. The zero-order valence-electron chi connectivity index (χ0n) is 14.4. The predicted octanol–water partition coefficient (Wildman–Crippen LogP) is 2.57. The lowest BCUT2D eigenvalue weighted by Gasteiger charge is -2.20. The average Bonchev–Trinajstić information content (AvgIpc) is 3.10. The van der Waals surface area contributed by atoms with Crippen LogP contribution in [0.25, 0.3) is 5.69 Å². The minimum atomic E-state index is -0.947. The van der Waals surface area contributed by atoms with Crippen LogP contribution in [-0.4, -0.2) is 44.8 Å². The minimum Gasteiger partial charge on any atom is -0.481 e. The van der Waals surface area contributed by atoms with E-state index in [9.17, 15) is 19.1 Å².